The summed E-state index contributed by atoms with van der Waals surface area (Å²) in [6, 6.07) is 0.0169. The summed E-state index contributed by atoms with van der Waals surface area (Å²) in [6.45, 7) is 6.58. The van der Waals surface area contributed by atoms with Crippen molar-refractivity contribution in [2.75, 3.05) is 20.1 Å². The Morgan fingerprint density at radius 3 is 2.81 bits per heavy atom. The van der Waals surface area contributed by atoms with Crippen molar-refractivity contribution in [3.05, 3.63) is 0 Å². The number of rotatable bonds is 3. The summed E-state index contributed by atoms with van der Waals surface area (Å²) in [6.07, 6.45) is 9.19. The van der Waals surface area contributed by atoms with Gasteiger partial charge in [-0.05, 0) is 55.9 Å². The molecule has 0 aromatic heterocycles. The molecule has 2 saturated carbocycles. The lowest BCUT2D eigenvalue weighted by Crippen LogP contribution is -2.46. The predicted molar refractivity (Wildman–Crippen MR) is 86.0 cm³/mol. The van der Waals surface area contributed by atoms with Crippen LogP contribution in [-0.4, -0.2) is 37.0 Å². The van der Waals surface area contributed by atoms with Gasteiger partial charge in [0.25, 0.3) is 0 Å². The van der Waals surface area contributed by atoms with Crippen molar-refractivity contribution in [3.8, 4) is 0 Å². The SMILES string of the molecule is CNC1CC(C)(C)CCN(CC2CC3CCCC2C3)C1=O. The lowest BCUT2D eigenvalue weighted by Gasteiger charge is -2.29. The fourth-order valence-electron chi connectivity index (χ4n) is 5.02. The van der Waals surface area contributed by atoms with E-state index in [-0.39, 0.29) is 11.5 Å². The first-order chi connectivity index (χ1) is 9.98. The van der Waals surface area contributed by atoms with Crippen LogP contribution in [0.2, 0.25) is 0 Å². The van der Waals surface area contributed by atoms with Gasteiger partial charge in [-0.2, -0.15) is 0 Å². The molecule has 1 amide bonds. The Hall–Kier alpha value is -0.570. The molecule has 3 aliphatic rings. The molecule has 2 aliphatic carbocycles. The highest BCUT2D eigenvalue weighted by Gasteiger charge is 2.40. The Bertz CT molecular complexity index is 393. The third kappa shape index (κ3) is 3.28. The quantitative estimate of drug-likeness (QED) is 0.867. The van der Waals surface area contributed by atoms with Crippen molar-refractivity contribution in [1.29, 1.82) is 0 Å². The van der Waals surface area contributed by atoms with Crippen molar-refractivity contribution < 1.29 is 4.79 Å². The summed E-state index contributed by atoms with van der Waals surface area (Å²) in [5.74, 6) is 3.00. The largest absolute Gasteiger partial charge is 0.341 e. The minimum atomic E-state index is 0.0169. The molecule has 2 bridgehead atoms. The highest BCUT2D eigenvalue weighted by atomic mass is 16.2. The molecule has 3 fully saturated rings. The first-order valence-electron chi connectivity index (χ1n) is 8.94. The standard InChI is InChI=1S/C18H32N2O/c1-18(2)7-8-20(17(21)16(11-18)19-3)12-15-10-13-5-4-6-14(15)9-13/h13-16,19H,4-12H2,1-3H3. The zero-order valence-corrected chi connectivity index (χ0v) is 14.0. The zero-order chi connectivity index (χ0) is 15.0. The van der Waals surface area contributed by atoms with Crippen LogP contribution in [0.5, 0.6) is 0 Å². The summed E-state index contributed by atoms with van der Waals surface area (Å²) >= 11 is 0. The van der Waals surface area contributed by atoms with Crippen LogP contribution >= 0.6 is 0 Å². The van der Waals surface area contributed by atoms with Gasteiger partial charge in [-0.1, -0.05) is 33.1 Å². The van der Waals surface area contributed by atoms with E-state index in [1.54, 1.807) is 0 Å². The Balaban J connectivity index is 1.67. The second-order valence-electron chi connectivity index (χ2n) is 8.53. The molecule has 1 saturated heterocycles. The van der Waals surface area contributed by atoms with Crippen LogP contribution in [0.15, 0.2) is 0 Å². The second-order valence-corrected chi connectivity index (χ2v) is 8.53. The van der Waals surface area contributed by atoms with Crippen molar-refractivity contribution in [2.45, 2.75) is 64.8 Å². The Kier molecular flexibility index (Phi) is 4.31. The maximum Gasteiger partial charge on any atom is 0.239 e. The maximum absolute atomic E-state index is 12.8. The van der Waals surface area contributed by atoms with Crippen LogP contribution in [0.4, 0.5) is 0 Å². The summed E-state index contributed by atoms with van der Waals surface area (Å²) in [7, 11) is 1.94. The number of nitrogens with one attached hydrogen (secondary N) is 1. The third-order valence-corrected chi connectivity index (χ3v) is 6.35. The van der Waals surface area contributed by atoms with Gasteiger partial charge >= 0.3 is 0 Å². The summed E-state index contributed by atoms with van der Waals surface area (Å²) in [4.78, 5) is 15.0. The van der Waals surface area contributed by atoms with Crippen LogP contribution in [0.3, 0.4) is 0 Å². The Morgan fingerprint density at radius 1 is 1.29 bits per heavy atom. The molecular weight excluding hydrogens is 260 g/mol. The van der Waals surface area contributed by atoms with E-state index in [4.69, 9.17) is 0 Å². The fourth-order valence-corrected chi connectivity index (χ4v) is 5.02. The van der Waals surface area contributed by atoms with Gasteiger partial charge in [0.15, 0.2) is 0 Å². The van der Waals surface area contributed by atoms with Crippen molar-refractivity contribution in [2.24, 2.45) is 23.2 Å². The van der Waals surface area contributed by atoms with E-state index in [9.17, 15) is 4.79 Å². The lowest BCUT2D eigenvalue weighted by atomic mass is 9.83. The van der Waals surface area contributed by atoms with Gasteiger partial charge in [0.05, 0.1) is 6.04 Å². The molecule has 3 nitrogen and oxygen atoms in total. The fraction of sp³-hybridized carbons (Fsp3) is 0.944. The van der Waals surface area contributed by atoms with E-state index in [1.165, 1.54) is 32.1 Å². The minimum Gasteiger partial charge on any atom is -0.341 e. The average Bonchev–Trinajstić information content (AvgIpc) is 2.67. The number of amides is 1. The van der Waals surface area contributed by atoms with Gasteiger partial charge in [0, 0.05) is 13.1 Å². The number of carbonyl (C=O) groups is 1. The number of hydrogen-bond donors (Lipinski definition) is 1. The summed E-state index contributed by atoms with van der Waals surface area (Å²) in [5.41, 5.74) is 0.268. The number of likely N-dealkylation sites (N-methyl/N-ethyl adjacent to an activating group) is 1. The van der Waals surface area contributed by atoms with Crippen LogP contribution in [0.25, 0.3) is 0 Å². The molecule has 3 heteroatoms. The molecule has 0 aromatic carbocycles. The predicted octanol–water partition coefficient (Wildman–Crippen LogP) is 3.05. The third-order valence-electron chi connectivity index (χ3n) is 6.35. The Morgan fingerprint density at radius 2 is 2.10 bits per heavy atom. The number of carbonyl (C=O) groups excluding carboxylic acids is 1. The normalized spacial score (nSPS) is 39.4. The molecule has 21 heavy (non-hydrogen) atoms. The minimum absolute atomic E-state index is 0.0169. The van der Waals surface area contributed by atoms with E-state index in [2.05, 4.69) is 24.1 Å². The van der Waals surface area contributed by atoms with Gasteiger partial charge in [0.2, 0.25) is 5.91 Å². The van der Waals surface area contributed by atoms with Crippen molar-refractivity contribution >= 4 is 5.91 Å². The second kappa shape index (κ2) is 5.91. The van der Waals surface area contributed by atoms with E-state index >= 15 is 0 Å². The summed E-state index contributed by atoms with van der Waals surface area (Å²) in [5, 5.41) is 3.26. The molecule has 0 radical (unpaired) electrons. The van der Waals surface area contributed by atoms with Crippen molar-refractivity contribution in [1.82, 2.24) is 10.2 Å². The smallest absolute Gasteiger partial charge is 0.239 e. The zero-order valence-electron chi connectivity index (χ0n) is 14.0. The molecule has 4 atom stereocenters. The van der Waals surface area contributed by atoms with Crippen molar-refractivity contribution in [3.63, 3.8) is 0 Å². The molecule has 3 rings (SSSR count). The molecule has 4 unspecified atom stereocenters. The van der Waals surface area contributed by atoms with E-state index in [0.717, 1.165) is 43.7 Å². The Labute approximate surface area is 129 Å². The van der Waals surface area contributed by atoms with Gasteiger partial charge in [-0.15, -0.1) is 0 Å². The number of hydrogen-bond acceptors (Lipinski definition) is 2. The van der Waals surface area contributed by atoms with Gasteiger partial charge in [-0.25, -0.2) is 0 Å². The van der Waals surface area contributed by atoms with Crippen LogP contribution in [0, 0.1) is 23.2 Å². The number of nitrogens with zero attached hydrogens (tertiary/aromatic N) is 1. The molecule has 120 valence electrons. The molecular formula is C18H32N2O. The average molecular weight is 292 g/mol. The van der Waals surface area contributed by atoms with Gasteiger partial charge in [-0.3, -0.25) is 4.79 Å². The highest BCUT2D eigenvalue weighted by Crippen LogP contribution is 2.46. The summed E-state index contributed by atoms with van der Waals surface area (Å²) < 4.78 is 0. The van der Waals surface area contributed by atoms with Gasteiger partial charge < -0.3 is 10.2 Å². The van der Waals surface area contributed by atoms with Crippen LogP contribution in [-0.2, 0) is 4.79 Å². The first-order valence-corrected chi connectivity index (χ1v) is 8.94. The molecule has 1 N–H and O–H groups in total. The van der Waals surface area contributed by atoms with E-state index in [0.29, 0.717) is 5.91 Å². The lowest BCUT2D eigenvalue weighted by molar-refractivity contribution is -0.133. The maximum atomic E-state index is 12.8. The highest BCUT2D eigenvalue weighted by molar-refractivity contribution is 5.82. The number of fused-ring (bicyclic) bond motifs is 2. The van der Waals surface area contributed by atoms with Gasteiger partial charge in [0.1, 0.15) is 0 Å². The number of likely N-dealkylation sites (tertiary alicyclic amines) is 1. The monoisotopic (exact) mass is 292 g/mol. The van der Waals surface area contributed by atoms with Crippen LogP contribution in [0.1, 0.15) is 58.8 Å². The molecule has 1 heterocycles. The molecule has 0 spiro atoms. The van der Waals surface area contributed by atoms with Crippen LogP contribution < -0.4 is 5.32 Å². The first kappa shape index (κ1) is 15.3. The van der Waals surface area contributed by atoms with E-state index < -0.39 is 0 Å². The molecule has 0 aromatic rings. The molecule has 1 aliphatic heterocycles. The van der Waals surface area contributed by atoms with E-state index in [1.807, 2.05) is 7.05 Å². The topological polar surface area (TPSA) is 32.3 Å².